The smallest absolute Gasteiger partial charge is 0.239 e. The topological polar surface area (TPSA) is 93.5 Å². The quantitative estimate of drug-likeness (QED) is 0.589. The SMILES string of the molecule is CC(C)[C@H](N)C(=O)NCC(=O)NCCOc1ccccc1-c1ccccc1. The molecule has 2 aromatic rings. The molecule has 0 heterocycles. The zero-order valence-electron chi connectivity index (χ0n) is 15.8. The van der Waals surface area contributed by atoms with E-state index in [2.05, 4.69) is 10.6 Å². The first kappa shape index (κ1) is 20.5. The molecule has 0 aromatic heterocycles. The van der Waals surface area contributed by atoms with Gasteiger partial charge < -0.3 is 21.1 Å². The Morgan fingerprint density at radius 2 is 1.67 bits per heavy atom. The van der Waals surface area contributed by atoms with Gasteiger partial charge in [0, 0.05) is 5.56 Å². The van der Waals surface area contributed by atoms with Gasteiger partial charge in [0.05, 0.1) is 19.1 Å². The summed E-state index contributed by atoms with van der Waals surface area (Å²) >= 11 is 0. The average Bonchev–Trinajstić information content (AvgIpc) is 2.69. The van der Waals surface area contributed by atoms with Crippen molar-refractivity contribution in [3.8, 4) is 16.9 Å². The summed E-state index contributed by atoms with van der Waals surface area (Å²) in [7, 11) is 0. The standard InChI is InChI=1S/C21H27N3O3/c1-15(2)20(22)21(26)24-14-19(25)23-12-13-27-18-11-7-6-10-17(18)16-8-4-3-5-9-16/h3-11,15,20H,12-14,22H2,1-2H3,(H,23,25)(H,24,26)/t20-/m0/s1. The Bertz CT molecular complexity index is 747. The van der Waals surface area contributed by atoms with E-state index < -0.39 is 6.04 Å². The molecule has 1 atom stereocenters. The third-order valence-electron chi connectivity index (χ3n) is 4.10. The predicted molar refractivity (Wildman–Crippen MR) is 106 cm³/mol. The second-order valence-electron chi connectivity index (χ2n) is 6.55. The summed E-state index contributed by atoms with van der Waals surface area (Å²) in [4.78, 5) is 23.6. The number of para-hydroxylation sites is 1. The fourth-order valence-corrected chi connectivity index (χ4v) is 2.45. The Morgan fingerprint density at radius 1 is 1.00 bits per heavy atom. The van der Waals surface area contributed by atoms with Crippen LogP contribution in [-0.2, 0) is 9.59 Å². The van der Waals surface area contributed by atoms with Gasteiger partial charge in [-0.25, -0.2) is 0 Å². The predicted octanol–water partition coefficient (Wildman–Crippen LogP) is 1.95. The van der Waals surface area contributed by atoms with E-state index in [-0.39, 0.29) is 24.3 Å². The van der Waals surface area contributed by atoms with Crippen molar-refractivity contribution in [1.29, 1.82) is 0 Å². The Labute approximate surface area is 160 Å². The van der Waals surface area contributed by atoms with Crippen LogP contribution in [0.25, 0.3) is 11.1 Å². The number of carbonyl (C=O) groups excluding carboxylic acids is 2. The van der Waals surface area contributed by atoms with Gasteiger partial charge in [-0.1, -0.05) is 62.4 Å². The maximum Gasteiger partial charge on any atom is 0.239 e. The van der Waals surface area contributed by atoms with Crippen molar-refractivity contribution in [2.24, 2.45) is 11.7 Å². The molecule has 0 fully saturated rings. The number of rotatable bonds is 9. The summed E-state index contributed by atoms with van der Waals surface area (Å²) in [5, 5.41) is 5.25. The van der Waals surface area contributed by atoms with Crippen LogP contribution in [0.3, 0.4) is 0 Å². The first-order valence-corrected chi connectivity index (χ1v) is 9.06. The average molecular weight is 369 g/mol. The van der Waals surface area contributed by atoms with E-state index in [1.54, 1.807) is 0 Å². The highest BCUT2D eigenvalue weighted by atomic mass is 16.5. The number of nitrogens with two attached hydrogens (primary N) is 1. The summed E-state index contributed by atoms with van der Waals surface area (Å²) in [6.45, 7) is 4.28. The van der Waals surface area contributed by atoms with E-state index >= 15 is 0 Å². The van der Waals surface area contributed by atoms with Crippen molar-refractivity contribution in [3.63, 3.8) is 0 Å². The van der Waals surface area contributed by atoms with Crippen LogP contribution >= 0.6 is 0 Å². The summed E-state index contributed by atoms with van der Waals surface area (Å²) in [6, 6.07) is 17.1. The molecule has 2 amide bonds. The molecule has 0 aliphatic heterocycles. The minimum atomic E-state index is -0.615. The van der Waals surface area contributed by atoms with E-state index in [9.17, 15) is 9.59 Å². The van der Waals surface area contributed by atoms with Gasteiger partial charge in [0.1, 0.15) is 12.4 Å². The molecular weight excluding hydrogens is 342 g/mol. The lowest BCUT2D eigenvalue weighted by Gasteiger charge is -2.15. The lowest BCUT2D eigenvalue weighted by Crippen LogP contribution is -2.47. The van der Waals surface area contributed by atoms with Crippen molar-refractivity contribution in [3.05, 3.63) is 54.6 Å². The van der Waals surface area contributed by atoms with Crippen LogP contribution in [0.5, 0.6) is 5.75 Å². The maximum atomic E-state index is 11.8. The number of ether oxygens (including phenoxy) is 1. The van der Waals surface area contributed by atoms with E-state index in [0.29, 0.717) is 13.2 Å². The molecule has 2 aromatic carbocycles. The van der Waals surface area contributed by atoms with Crippen LogP contribution in [0.15, 0.2) is 54.6 Å². The molecule has 6 nitrogen and oxygen atoms in total. The summed E-state index contributed by atoms with van der Waals surface area (Å²) < 4.78 is 5.82. The van der Waals surface area contributed by atoms with Gasteiger partial charge in [-0.05, 0) is 17.5 Å². The monoisotopic (exact) mass is 369 g/mol. The second kappa shape index (κ2) is 10.3. The van der Waals surface area contributed by atoms with Gasteiger partial charge in [-0.15, -0.1) is 0 Å². The Hall–Kier alpha value is -2.86. The molecule has 0 aliphatic carbocycles. The molecule has 0 spiro atoms. The van der Waals surface area contributed by atoms with Crippen molar-refractivity contribution in [2.45, 2.75) is 19.9 Å². The lowest BCUT2D eigenvalue weighted by molar-refractivity contribution is -0.127. The van der Waals surface area contributed by atoms with E-state index in [1.165, 1.54) is 0 Å². The first-order valence-electron chi connectivity index (χ1n) is 9.06. The van der Waals surface area contributed by atoms with Crippen molar-refractivity contribution in [1.82, 2.24) is 10.6 Å². The van der Waals surface area contributed by atoms with Gasteiger partial charge in [-0.2, -0.15) is 0 Å². The molecule has 0 radical (unpaired) electrons. The van der Waals surface area contributed by atoms with Gasteiger partial charge in [0.2, 0.25) is 11.8 Å². The third kappa shape index (κ3) is 6.42. The van der Waals surface area contributed by atoms with Gasteiger partial charge in [0.15, 0.2) is 0 Å². The normalized spacial score (nSPS) is 11.7. The lowest BCUT2D eigenvalue weighted by atomic mass is 10.1. The molecule has 0 saturated carbocycles. The van der Waals surface area contributed by atoms with Crippen molar-refractivity contribution < 1.29 is 14.3 Å². The Balaban J connectivity index is 1.76. The molecule has 27 heavy (non-hydrogen) atoms. The van der Waals surface area contributed by atoms with Crippen LogP contribution in [0.4, 0.5) is 0 Å². The van der Waals surface area contributed by atoms with Gasteiger partial charge in [0.25, 0.3) is 0 Å². The fraction of sp³-hybridized carbons (Fsp3) is 0.333. The number of hydrogen-bond acceptors (Lipinski definition) is 4. The molecule has 0 unspecified atom stereocenters. The number of hydrogen-bond donors (Lipinski definition) is 3. The zero-order chi connectivity index (χ0) is 19.6. The van der Waals surface area contributed by atoms with Crippen LogP contribution in [-0.4, -0.2) is 37.6 Å². The summed E-state index contributed by atoms with van der Waals surface area (Å²) in [5.41, 5.74) is 7.80. The first-order chi connectivity index (χ1) is 13.0. The second-order valence-corrected chi connectivity index (χ2v) is 6.55. The number of nitrogens with one attached hydrogen (secondary N) is 2. The molecule has 0 saturated heterocycles. The highest BCUT2D eigenvalue weighted by molar-refractivity contribution is 5.87. The number of benzene rings is 2. The molecule has 144 valence electrons. The van der Waals surface area contributed by atoms with Crippen LogP contribution in [0.1, 0.15) is 13.8 Å². The molecule has 6 heteroatoms. The van der Waals surface area contributed by atoms with Crippen molar-refractivity contribution in [2.75, 3.05) is 19.7 Å². The number of carbonyl (C=O) groups is 2. The third-order valence-corrected chi connectivity index (χ3v) is 4.10. The molecule has 2 rings (SSSR count). The van der Waals surface area contributed by atoms with Gasteiger partial charge >= 0.3 is 0 Å². The maximum absolute atomic E-state index is 11.8. The zero-order valence-corrected chi connectivity index (χ0v) is 15.8. The summed E-state index contributed by atoms with van der Waals surface area (Å²) in [5.74, 6) is 0.174. The highest BCUT2D eigenvalue weighted by Crippen LogP contribution is 2.29. The minimum absolute atomic E-state index is 0.0196. The Kier molecular flexibility index (Phi) is 7.82. The van der Waals surface area contributed by atoms with Crippen LogP contribution in [0.2, 0.25) is 0 Å². The Morgan fingerprint density at radius 3 is 2.37 bits per heavy atom. The molecule has 4 N–H and O–H groups in total. The van der Waals surface area contributed by atoms with E-state index in [0.717, 1.165) is 16.9 Å². The van der Waals surface area contributed by atoms with Crippen molar-refractivity contribution >= 4 is 11.8 Å². The van der Waals surface area contributed by atoms with Gasteiger partial charge in [-0.3, -0.25) is 9.59 Å². The minimum Gasteiger partial charge on any atom is -0.491 e. The molecule has 0 aliphatic rings. The van der Waals surface area contributed by atoms with E-state index in [4.69, 9.17) is 10.5 Å². The molecule has 0 bridgehead atoms. The molecular formula is C21H27N3O3. The highest BCUT2D eigenvalue weighted by Gasteiger charge is 2.17. The van der Waals surface area contributed by atoms with E-state index in [1.807, 2.05) is 68.4 Å². The largest absolute Gasteiger partial charge is 0.491 e. The summed E-state index contributed by atoms with van der Waals surface area (Å²) in [6.07, 6.45) is 0. The van der Waals surface area contributed by atoms with Crippen LogP contribution in [0, 0.1) is 5.92 Å². The van der Waals surface area contributed by atoms with Crippen LogP contribution < -0.4 is 21.1 Å². The fourth-order valence-electron chi connectivity index (χ4n) is 2.45. The number of amides is 2.